The number of anilines is 4. The first-order valence-electron chi connectivity index (χ1n) is 12.4. The number of amides is 1. The number of alkyl halides is 1. The Hall–Kier alpha value is -3.52. The van der Waals surface area contributed by atoms with Gasteiger partial charge in [0.05, 0.1) is 16.9 Å². The highest BCUT2D eigenvalue weighted by molar-refractivity contribution is 6.00. The van der Waals surface area contributed by atoms with Crippen LogP contribution in [0.4, 0.5) is 27.3 Å². The van der Waals surface area contributed by atoms with Crippen molar-refractivity contribution in [1.29, 1.82) is 0 Å². The molecular formula is C28H35FN6O. The molecule has 1 atom stereocenters. The van der Waals surface area contributed by atoms with E-state index in [0.717, 1.165) is 18.5 Å². The molecule has 3 aromatic rings. The van der Waals surface area contributed by atoms with E-state index in [2.05, 4.69) is 63.1 Å². The molecule has 2 aromatic heterocycles. The van der Waals surface area contributed by atoms with Gasteiger partial charge in [-0.1, -0.05) is 6.07 Å². The molecule has 2 heterocycles. The Labute approximate surface area is 212 Å². The van der Waals surface area contributed by atoms with Crippen LogP contribution in [0, 0.1) is 0 Å². The Morgan fingerprint density at radius 3 is 2.58 bits per heavy atom. The van der Waals surface area contributed by atoms with Gasteiger partial charge in [0.2, 0.25) is 0 Å². The molecule has 0 fully saturated rings. The molecule has 4 rings (SSSR count). The minimum Gasteiger partial charge on any atom is -0.355 e. The van der Waals surface area contributed by atoms with Gasteiger partial charge in [-0.05, 0) is 89.5 Å². The number of fused-ring (bicyclic) bond motifs is 1. The van der Waals surface area contributed by atoms with Crippen molar-refractivity contribution < 1.29 is 9.18 Å². The number of hydrogen-bond donors (Lipinski definition) is 3. The topological polar surface area (TPSA) is 82.2 Å². The number of carbonyl (C=O) groups excluding carboxylic acids is 1. The van der Waals surface area contributed by atoms with Crippen LogP contribution in [0.2, 0.25) is 0 Å². The zero-order chi connectivity index (χ0) is 25.9. The SMILES string of the molecule is CCNC(=O)c1cnc(Nc2ccc3c(c2)CC(N(C)C)CC3)cc1Nc1ccnc(C(C)(C)F)c1. The lowest BCUT2D eigenvalue weighted by atomic mass is 9.87. The summed E-state index contributed by atoms with van der Waals surface area (Å²) in [5.74, 6) is 0.369. The van der Waals surface area contributed by atoms with E-state index in [1.54, 1.807) is 30.6 Å². The highest BCUT2D eigenvalue weighted by Gasteiger charge is 2.22. The predicted molar refractivity (Wildman–Crippen MR) is 143 cm³/mol. The largest absolute Gasteiger partial charge is 0.355 e. The van der Waals surface area contributed by atoms with Gasteiger partial charge in [0.25, 0.3) is 5.91 Å². The van der Waals surface area contributed by atoms with Crippen molar-refractivity contribution in [3.63, 3.8) is 0 Å². The van der Waals surface area contributed by atoms with E-state index in [0.29, 0.717) is 41.0 Å². The molecule has 0 saturated heterocycles. The maximum absolute atomic E-state index is 14.5. The molecule has 1 unspecified atom stereocenters. The van der Waals surface area contributed by atoms with Crippen LogP contribution in [0.5, 0.6) is 0 Å². The maximum atomic E-state index is 14.5. The summed E-state index contributed by atoms with van der Waals surface area (Å²) in [6.07, 6.45) is 6.37. The average molecular weight is 491 g/mol. The third kappa shape index (κ3) is 5.99. The second-order valence-electron chi connectivity index (χ2n) is 9.97. The van der Waals surface area contributed by atoms with Gasteiger partial charge < -0.3 is 20.9 Å². The highest BCUT2D eigenvalue weighted by atomic mass is 19.1. The van der Waals surface area contributed by atoms with Crippen LogP contribution in [-0.4, -0.2) is 47.5 Å². The molecule has 0 spiro atoms. The highest BCUT2D eigenvalue weighted by Crippen LogP contribution is 2.30. The van der Waals surface area contributed by atoms with Crippen LogP contribution in [0.3, 0.4) is 0 Å². The van der Waals surface area contributed by atoms with Crippen LogP contribution in [0.25, 0.3) is 0 Å². The summed E-state index contributed by atoms with van der Waals surface area (Å²) < 4.78 is 14.5. The van der Waals surface area contributed by atoms with Crippen molar-refractivity contribution in [1.82, 2.24) is 20.2 Å². The first-order chi connectivity index (χ1) is 17.1. The van der Waals surface area contributed by atoms with Gasteiger partial charge in [0, 0.05) is 42.4 Å². The van der Waals surface area contributed by atoms with Gasteiger partial charge in [-0.15, -0.1) is 0 Å². The van der Waals surface area contributed by atoms with E-state index in [1.165, 1.54) is 31.4 Å². The summed E-state index contributed by atoms with van der Waals surface area (Å²) in [6, 6.07) is 12.2. The third-order valence-electron chi connectivity index (χ3n) is 6.55. The van der Waals surface area contributed by atoms with Gasteiger partial charge in [0.1, 0.15) is 11.5 Å². The molecule has 0 aliphatic heterocycles. The molecular weight excluding hydrogens is 455 g/mol. The van der Waals surface area contributed by atoms with Crippen LogP contribution in [-0.2, 0) is 18.5 Å². The first kappa shape index (κ1) is 25.6. The van der Waals surface area contributed by atoms with Crippen LogP contribution in [0.15, 0.2) is 48.8 Å². The van der Waals surface area contributed by atoms with E-state index in [4.69, 9.17) is 0 Å². The summed E-state index contributed by atoms with van der Waals surface area (Å²) in [5, 5.41) is 9.48. The van der Waals surface area contributed by atoms with Gasteiger partial charge in [0.15, 0.2) is 0 Å². The lowest BCUT2D eigenvalue weighted by Crippen LogP contribution is -2.33. The third-order valence-corrected chi connectivity index (χ3v) is 6.55. The fraction of sp³-hybridized carbons (Fsp3) is 0.393. The van der Waals surface area contributed by atoms with Crippen molar-refractivity contribution in [2.45, 2.75) is 51.7 Å². The molecule has 0 bridgehead atoms. The number of halogens is 1. The van der Waals surface area contributed by atoms with E-state index < -0.39 is 5.67 Å². The minimum absolute atomic E-state index is 0.234. The molecule has 7 nitrogen and oxygen atoms in total. The number of aromatic nitrogens is 2. The summed E-state index contributed by atoms with van der Waals surface area (Å²) in [5.41, 5.74) is 4.02. The molecule has 8 heteroatoms. The number of aryl methyl sites for hydroxylation is 1. The Bertz CT molecular complexity index is 1240. The zero-order valence-electron chi connectivity index (χ0n) is 21.7. The number of carbonyl (C=O) groups is 1. The number of rotatable bonds is 8. The molecule has 1 amide bonds. The fourth-order valence-corrected chi connectivity index (χ4v) is 4.46. The molecule has 3 N–H and O–H groups in total. The Morgan fingerprint density at radius 1 is 1.08 bits per heavy atom. The van der Waals surface area contributed by atoms with Crippen molar-refractivity contribution in [3.8, 4) is 0 Å². The van der Waals surface area contributed by atoms with Crippen molar-refractivity contribution in [3.05, 3.63) is 71.2 Å². The van der Waals surface area contributed by atoms with Crippen LogP contribution < -0.4 is 16.0 Å². The molecule has 0 radical (unpaired) electrons. The maximum Gasteiger partial charge on any atom is 0.254 e. The molecule has 190 valence electrons. The fourth-order valence-electron chi connectivity index (χ4n) is 4.46. The van der Waals surface area contributed by atoms with Crippen LogP contribution >= 0.6 is 0 Å². The smallest absolute Gasteiger partial charge is 0.254 e. The van der Waals surface area contributed by atoms with E-state index in [9.17, 15) is 9.18 Å². The summed E-state index contributed by atoms with van der Waals surface area (Å²) in [7, 11) is 4.26. The summed E-state index contributed by atoms with van der Waals surface area (Å²) in [6.45, 7) is 5.29. The van der Waals surface area contributed by atoms with Crippen molar-refractivity contribution in [2.75, 3.05) is 31.3 Å². The summed E-state index contributed by atoms with van der Waals surface area (Å²) >= 11 is 0. The molecule has 0 saturated carbocycles. The van der Waals surface area contributed by atoms with Gasteiger partial charge in [-0.2, -0.15) is 0 Å². The Balaban J connectivity index is 1.62. The lowest BCUT2D eigenvalue weighted by Gasteiger charge is -2.30. The van der Waals surface area contributed by atoms with E-state index in [-0.39, 0.29) is 5.91 Å². The van der Waals surface area contributed by atoms with Gasteiger partial charge in [-0.3, -0.25) is 9.78 Å². The standard InChI is InChI=1S/C28H35FN6O/c1-6-30-27(36)23-17-32-26(16-24(23)33-21-11-12-31-25(15-21)28(2,3)29)34-20-9-7-18-8-10-22(35(4)5)14-19(18)13-20/h7,9,11-13,15-17,22H,6,8,10,14H2,1-5H3,(H,30,36)(H2,31,32,33,34). The molecule has 36 heavy (non-hydrogen) atoms. The molecule has 1 aliphatic rings. The molecule has 1 aliphatic carbocycles. The zero-order valence-corrected chi connectivity index (χ0v) is 21.7. The van der Waals surface area contributed by atoms with E-state index >= 15 is 0 Å². The Kier molecular flexibility index (Phi) is 7.54. The Morgan fingerprint density at radius 2 is 1.86 bits per heavy atom. The number of nitrogens with one attached hydrogen (secondary N) is 3. The van der Waals surface area contributed by atoms with Gasteiger partial charge in [-0.25, -0.2) is 9.37 Å². The second-order valence-corrected chi connectivity index (χ2v) is 9.97. The van der Waals surface area contributed by atoms with E-state index in [1.807, 2.05) is 6.92 Å². The quantitative estimate of drug-likeness (QED) is 0.396. The monoisotopic (exact) mass is 490 g/mol. The first-order valence-corrected chi connectivity index (χ1v) is 12.4. The van der Waals surface area contributed by atoms with Crippen molar-refractivity contribution >= 4 is 28.8 Å². The van der Waals surface area contributed by atoms with Crippen molar-refractivity contribution in [2.24, 2.45) is 0 Å². The number of nitrogens with zero attached hydrogens (tertiary/aromatic N) is 3. The van der Waals surface area contributed by atoms with Gasteiger partial charge >= 0.3 is 0 Å². The van der Waals surface area contributed by atoms with Crippen LogP contribution in [0.1, 0.15) is 54.4 Å². The normalized spacial score (nSPS) is 15.4. The number of pyridine rings is 2. The minimum atomic E-state index is -1.58. The average Bonchev–Trinajstić information content (AvgIpc) is 2.83. The predicted octanol–water partition coefficient (Wildman–Crippen LogP) is 5.34. The molecule has 1 aromatic carbocycles. The summed E-state index contributed by atoms with van der Waals surface area (Å²) in [4.78, 5) is 23.6. The second kappa shape index (κ2) is 10.6. The number of hydrogen-bond acceptors (Lipinski definition) is 6. The lowest BCUT2D eigenvalue weighted by molar-refractivity contribution is 0.0956. The number of benzene rings is 1. The number of likely N-dealkylation sites (N-methyl/N-ethyl adjacent to an activating group) is 1.